The third kappa shape index (κ3) is 6.17. The highest BCUT2D eigenvalue weighted by molar-refractivity contribution is 5.93. The lowest BCUT2D eigenvalue weighted by Crippen LogP contribution is -2.53. The summed E-state index contributed by atoms with van der Waals surface area (Å²) in [4.78, 5) is 15.6. The average Bonchev–Trinajstić information content (AvgIpc) is 3.25. The molecule has 0 saturated carbocycles. The van der Waals surface area contributed by atoms with E-state index in [2.05, 4.69) is 15.6 Å². The smallest absolute Gasteiger partial charge is 0.276 e. The van der Waals surface area contributed by atoms with Crippen LogP contribution >= 0.6 is 0 Å². The molecule has 1 aliphatic heterocycles. The Hall–Kier alpha value is -2.43. The van der Waals surface area contributed by atoms with Crippen molar-refractivity contribution in [1.82, 2.24) is 25.2 Å². The lowest BCUT2D eigenvalue weighted by Gasteiger charge is -2.38. The number of benzene rings is 1. The zero-order valence-corrected chi connectivity index (χ0v) is 20.1. The summed E-state index contributed by atoms with van der Waals surface area (Å²) < 4.78 is 34.9. The summed E-state index contributed by atoms with van der Waals surface area (Å²) in [5.41, 5.74) is 0.512. The van der Waals surface area contributed by atoms with E-state index in [1.54, 1.807) is 12.0 Å². The van der Waals surface area contributed by atoms with Crippen LogP contribution in [0.1, 0.15) is 49.3 Å². The number of methoxy groups -OCH3 is 1. The number of aromatic nitrogens is 3. The van der Waals surface area contributed by atoms with Crippen LogP contribution in [0.3, 0.4) is 0 Å². The predicted octanol–water partition coefficient (Wildman–Crippen LogP) is 2.58. The Balaban J connectivity index is 1.98. The Labute approximate surface area is 199 Å². The van der Waals surface area contributed by atoms with Crippen molar-refractivity contribution in [1.29, 1.82) is 0 Å². The van der Waals surface area contributed by atoms with E-state index >= 15 is 0 Å². The van der Waals surface area contributed by atoms with Gasteiger partial charge >= 0.3 is 0 Å². The molecule has 0 bridgehead atoms. The number of amides is 1. The summed E-state index contributed by atoms with van der Waals surface area (Å²) in [6.45, 7) is 6.49. The number of aliphatic hydroxyl groups excluding tert-OH is 1. The van der Waals surface area contributed by atoms with Crippen LogP contribution in [0.25, 0.3) is 5.69 Å². The van der Waals surface area contributed by atoms with Gasteiger partial charge in [0.05, 0.1) is 5.69 Å². The van der Waals surface area contributed by atoms with Gasteiger partial charge in [0, 0.05) is 46.0 Å². The molecule has 2 heterocycles. The quantitative estimate of drug-likeness (QED) is 0.482. The zero-order valence-electron chi connectivity index (χ0n) is 20.1. The third-order valence-electron chi connectivity index (χ3n) is 6.08. The Morgan fingerprint density at radius 1 is 1.32 bits per heavy atom. The molecule has 0 unspecified atom stereocenters. The summed E-state index contributed by atoms with van der Waals surface area (Å²) in [5.74, 6) is -2.04. The first kappa shape index (κ1) is 26.2. The number of piperidine rings is 1. The maximum atomic E-state index is 14.6. The van der Waals surface area contributed by atoms with E-state index in [0.29, 0.717) is 51.2 Å². The number of aliphatic hydroxyl groups is 1. The molecule has 1 fully saturated rings. The molecule has 1 saturated heterocycles. The van der Waals surface area contributed by atoms with E-state index in [9.17, 15) is 18.7 Å². The normalized spacial score (nSPS) is 18.4. The second kappa shape index (κ2) is 12.3. The molecule has 2 N–H and O–H groups in total. The number of carbonyl (C=O) groups is 1. The van der Waals surface area contributed by atoms with Crippen LogP contribution in [0.15, 0.2) is 18.2 Å². The van der Waals surface area contributed by atoms with Gasteiger partial charge in [0.1, 0.15) is 5.69 Å². The number of rotatable bonds is 11. The first-order chi connectivity index (χ1) is 16.4. The lowest BCUT2D eigenvalue weighted by atomic mass is 9.94. The summed E-state index contributed by atoms with van der Waals surface area (Å²) >= 11 is 0. The number of halogens is 2. The van der Waals surface area contributed by atoms with E-state index in [0.717, 1.165) is 12.5 Å². The van der Waals surface area contributed by atoms with Gasteiger partial charge in [-0.1, -0.05) is 25.1 Å². The molecule has 0 spiro atoms. The molecule has 8 nitrogen and oxygen atoms in total. The fourth-order valence-corrected chi connectivity index (χ4v) is 4.39. The molecular formula is C24H35F2N5O3. The number of unbranched alkanes of at least 4 members (excludes halogenated alkanes) is 1. The molecule has 3 rings (SSSR count). The van der Waals surface area contributed by atoms with Crippen molar-refractivity contribution in [2.24, 2.45) is 11.8 Å². The number of nitrogens with zero attached hydrogens (tertiary/aromatic N) is 4. The highest BCUT2D eigenvalue weighted by atomic mass is 19.2. The van der Waals surface area contributed by atoms with Gasteiger partial charge in [0.2, 0.25) is 0 Å². The molecule has 1 aliphatic rings. The monoisotopic (exact) mass is 479 g/mol. The molecule has 1 aromatic carbocycles. The first-order valence-electron chi connectivity index (χ1n) is 11.9. The molecule has 2 atom stereocenters. The van der Waals surface area contributed by atoms with E-state index in [1.165, 1.54) is 16.8 Å². The van der Waals surface area contributed by atoms with E-state index < -0.39 is 11.6 Å². The molecule has 188 valence electrons. The van der Waals surface area contributed by atoms with Gasteiger partial charge in [-0.15, -0.1) is 5.10 Å². The van der Waals surface area contributed by atoms with Crippen LogP contribution in [-0.4, -0.2) is 76.9 Å². The Morgan fingerprint density at radius 2 is 2.12 bits per heavy atom. The van der Waals surface area contributed by atoms with Gasteiger partial charge in [-0.25, -0.2) is 13.5 Å². The SMILES string of the molecule is COCCCCc1c(C(=O)N(CC(C)C)[C@@H]2CNC[C@H](CO)C2)nnn1-c1cccc(F)c1F. The maximum absolute atomic E-state index is 14.6. The number of hydrogen-bond donors (Lipinski definition) is 2. The molecule has 34 heavy (non-hydrogen) atoms. The van der Waals surface area contributed by atoms with Gasteiger partial charge < -0.3 is 20.1 Å². The largest absolute Gasteiger partial charge is 0.396 e. The van der Waals surface area contributed by atoms with Gasteiger partial charge in [-0.3, -0.25) is 4.79 Å². The number of hydrogen-bond acceptors (Lipinski definition) is 6. The van der Waals surface area contributed by atoms with Crippen molar-refractivity contribution < 1.29 is 23.4 Å². The Morgan fingerprint density at radius 3 is 2.82 bits per heavy atom. The average molecular weight is 480 g/mol. The molecule has 10 heteroatoms. The van der Waals surface area contributed by atoms with Crippen molar-refractivity contribution in [3.05, 3.63) is 41.2 Å². The first-order valence-corrected chi connectivity index (χ1v) is 11.9. The van der Waals surface area contributed by atoms with Crippen LogP contribution in [0.2, 0.25) is 0 Å². The van der Waals surface area contributed by atoms with Gasteiger partial charge in [-0.05, 0) is 49.7 Å². The van der Waals surface area contributed by atoms with Crippen LogP contribution in [-0.2, 0) is 11.2 Å². The number of ether oxygens (including phenoxy) is 1. The summed E-state index contributed by atoms with van der Waals surface area (Å²) in [5, 5.41) is 21.2. The highest BCUT2D eigenvalue weighted by Gasteiger charge is 2.33. The Kier molecular flexibility index (Phi) is 9.49. The Bertz CT molecular complexity index is 953. The van der Waals surface area contributed by atoms with Crippen molar-refractivity contribution >= 4 is 5.91 Å². The van der Waals surface area contributed by atoms with Gasteiger partial charge in [0.15, 0.2) is 17.3 Å². The van der Waals surface area contributed by atoms with Crippen molar-refractivity contribution in [3.63, 3.8) is 0 Å². The van der Waals surface area contributed by atoms with Crippen molar-refractivity contribution in [3.8, 4) is 5.69 Å². The third-order valence-corrected chi connectivity index (χ3v) is 6.08. The number of carbonyl (C=O) groups excluding carboxylic acids is 1. The van der Waals surface area contributed by atoms with Crippen LogP contribution in [0.5, 0.6) is 0 Å². The zero-order chi connectivity index (χ0) is 24.7. The molecule has 0 radical (unpaired) electrons. The van der Waals surface area contributed by atoms with Crippen molar-refractivity contribution in [2.75, 3.05) is 40.0 Å². The minimum absolute atomic E-state index is 0.0486. The van der Waals surface area contributed by atoms with Crippen LogP contribution < -0.4 is 5.32 Å². The summed E-state index contributed by atoms with van der Waals surface area (Å²) in [7, 11) is 1.62. The lowest BCUT2D eigenvalue weighted by molar-refractivity contribution is 0.0546. The van der Waals surface area contributed by atoms with Gasteiger partial charge in [0.25, 0.3) is 5.91 Å². The van der Waals surface area contributed by atoms with E-state index in [1.807, 2.05) is 13.8 Å². The summed E-state index contributed by atoms with van der Waals surface area (Å²) in [6, 6.07) is 3.75. The fraction of sp³-hybridized carbons (Fsp3) is 0.625. The minimum Gasteiger partial charge on any atom is -0.396 e. The minimum atomic E-state index is -1.04. The van der Waals surface area contributed by atoms with Crippen molar-refractivity contribution in [2.45, 2.75) is 45.6 Å². The molecular weight excluding hydrogens is 444 g/mol. The number of nitrogens with one attached hydrogen (secondary N) is 1. The molecule has 1 aromatic heterocycles. The predicted molar refractivity (Wildman–Crippen MR) is 124 cm³/mol. The standard InChI is InChI=1S/C24H35F2N5O3/c1-16(2)14-30(18-11-17(15-32)12-27-13-18)24(33)23-21(8-4-5-10-34-3)31(29-28-23)20-9-6-7-19(25)22(20)26/h6-7,9,16-18,27,32H,4-5,8,10-15H2,1-3H3/t17-,18+/m1/s1. The highest BCUT2D eigenvalue weighted by Crippen LogP contribution is 2.24. The maximum Gasteiger partial charge on any atom is 0.276 e. The molecule has 1 amide bonds. The van der Waals surface area contributed by atoms with Gasteiger partial charge in [-0.2, -0.15) is 0 Å². The topological polar surface area (TPSA) is 92.5 Å². The fourth-order valence-electron chi connectivity index (χ4n) is 4.39. The molecule has 2 aromatic rings. The van der Waals surface area contributed by atoms with E-state index in [4.69, 9.17) is 4.74 Å². The summed E-state index contributed by atoms with van der Waals surface area (Å²) in [6.07, 6.45) is 2.49. The van der Waals surface area contributed by atoms with Crippen LogP contribution in [0.4, 0.5) is 8.78 Å². The van der Waals surface area contributed by atoms with Crippen LogP contribution in [0, 0.1) is 23.5 Å². The second-order valence-corrected chi connectivity index (χ2v) is 9.27. The second-order valence-electron chi connectivity index (χ2n) is 9.27. The molecule has 0 aliphatic carbocycles. The van der Waals surface area contributed by atoms with E-state index in [-0.39, 0.29) is 41.8 Å².